The molecule has 0 saturated heterocycles. The third kappa shape index (κ3) is 7.84. The van der Waals surface area contributed by atoms with E-state index in [0.717, 1.165) is 10.6 Å². The number of ether oxygens (including phenoxy) is 2. The van der Waals surface area contributed by atoms with Gasteiger partial charge in [0, 0.05) is 18.2 Å². The molecule has 0 bridgehead atoms. The maximum atomic E-state index is 13.5. The number of carbonyl (C=O) groups excluding carboxylic acids is 2. The van der Waals surface area contributed by atoms with Crippen molar-refractivity contribution in [2.75, 3.05) is 31.3 Å². The summed E-state index contributed by atoms with van der Waals surface area (Å²) >= 11 is 0. The number of sulfonamides is 1. The van der Waals surface area contributed by atoms with Gasteiger partial charge < -0.3 is 19.7 Å². The molecule has 2 amide bonds. The largest absolute Gasteiger partial charge is 0.493 e. The SMILES string of the molecule is COc1ccc(N(CC(=O)N(Cc2ccc(F)cc2)[C@@H](C)C(=O)NC(C)(C)C)S(C)(=O)=O)cc1OC. The molecule has 198 valence electrons. The average Bonchev–Trinajstić information content (AvgIpc) is 2.79. The molecule has 2 aromatic rings. The van der Waals surface area contributed by atoms with E-state index in [1.165, 1.54) is 61.6 Å². The normalized spacial score (nSPS) is 12.4. The zero-order valence-corrected chi connectivity index (χ0v) is 22.5. The van der Waals surface area contributed by atoms with E-state index in [0.29, 0.717) is 11.3 Å². The highest BCUT2D eigenvalue weighted by molar-refractivity contribution is 7.92. The van der Waals surface area contributed by atoms with Gasteiger partial charge >= 0.3 is 0 Å². The lowest BCUT2D eigenvalue weighted by molar-refractivity contribution is -0.140. The lowest BCUT2D eigenvalue weighted by atomic mass is 10.1. The van der Waals surface area contributed by atoms with Crippen molar-refractivity contribution in [1.29, 1.82) is 0 Å². The lowest BCUT2D eigenvalue weighted by Gasteiger charge is -2.33. The minimum Gasteiger partial charge on any atom is -0.493 e. The number of benzene rings is 2. The topological polar surface area (TPSA) is 105 Å². The summed E-state index contributed by atoms with van der Waals surface area (Å²) in [5.41, 5.74) is 0.225. The molecule has 0 heterocycles. The molecule has 1 atom stereocenters. The zero-order valence-electron chi connectivity index (χ0n) is 21.7. The molecule has 11 heteroatoms. The first-order valence-electron chi connectivity index (χ1n) is 11.2. The minimum atomic E-state index is -3.91. The van der Waals surface area contributed by atoms with Crippen LogP contribution in [0.1, 0.15) is 33.3 Å². The number of hydrogen-bond donors (Lipinski definition) is 1. The van der Waals surface area contributed by atoms with Gasteiger partial charge in [0.05, 0.1) is 26.2 Å². The summed E-state index contributed by atoms with van der Waals surface area (Å²) in [4.78, 5) is 27.7. The van der Waals surface area contributed by atoms with Gasteiger partial charge in [-0.05, 0) is 57.5 Å². The zero-order chi connectivity index (χ0) is 27.3. The molecule has 0 fully saturated rings. The average molecular weight is 524 g/mol. The van der Waals surface area contributed by atoms with Crippen LogP contribution in [0, 0.1) is 5.82 Å². The third-order valence-corrected chi connectivity index (χ3v) is 6.41. The standard InChI is InChI=1S/C25H34FN3O6S/c1-17(24(31)27-25(2,3)4)28(15-18-8-10-19(26)11-9-18)23(30)16-29(36(7,32)33)20-12-13-21(34-5)22(14-20)35-6/h8-14,17H,15-16H2,1-7H3,(H,27,31)/t17-/m0/s1. The number of rotatable bonds is 10. The van der Waals surface area contributed by atoms with Gasteiger partial charge in [0.15, 0.2) is 11.5 Å². The highest BCUT2D eigenvalue weighted by atomic mass is 32.2. The van der Waals surface area contributed by atoms with Gasteiger partial charge in [0.25, 0.3) is 0 Å². The van der Waals surface area contributed by atoms with E-state index < -0.39 is 45.8 Å². The first-order chi connectivity index (χ1) is 16.7. The molecule has 0 saturated carbocycles. The van der Waals surface area contributed by atoms with Crippen LogP contribution in [-0.4, -0.2) is 63.7 Å². The molecule has 0 aromatic heterocycles. The number of anilines is 1. The van der Waals surface area contributed by atoms with E-state index in [1.807, 2.05) is 20.8 Å². The number of hydrogen-bond acceptors (Lipinski definition) is 6. The van der Waals surface area contributed by atoms with Gasteiger partial charge in [-0.2, -0.15) is 0 Å². The number of amides is 2. The summed E-state index contributed by atoms with van der Waals surface area (Å²) in [6, 6.07) is 9.07. The highest BCUT2D eigenvalue weighted by Gasteiger charge is 2.31. The van der Waals surface area contributed by atoms with Crippen molar-refractivity contribution >= 4 is 27.5 Å². The second-order valence-electron chi connectivity index (χ2n) is 9.37. The fourth-order valence-corrected chi connectivity index (χ4v) is 4.28. The molecule has 9 nitrogen and oxygen atoms in total. The smallest absolute Gasteiger partial charge is 0.244 e. The van der Waals surface area contributed by atoms with Gasteiger partial charge in [0.1, 0.15) is 18.4 Å². The van der Waals surface area contributed by atoms with Crippen LogP contribution in [0.3, 0.4) is 0 Å². The van der Waals surface area contributed by atoms with Crippen molar-refractivity contribution in [2.24, 2.45) is 0 Å². The van der Waals surface area contributed by atoms with Crippen molar-refractivity contribution in [3.8, 4) is 11.5 Å². The van der Waals surface area contributed by atoms with Gasteiger partial charge in [-0.15, -0.1) is 0 Å². The van der Waals surface area contributed by atoms with Crippen molar-refractivity contribution in [3.05, 3.63) is 53.8 Å². The molecule has 0 spiro atoms. The van der Waals surface area contributed by atoms with Crippen LogP contribution >= 0.6 is 0 Å². The van der Waals surface area contributed by atoms with Crippen LogP contribution in [0.5, 0.6) is 11.5 Å². The predicted octanol–water partition coefficient (Wildman–Crippen LogP) is 2.94. The molecule has 0 aliphatic heterocycles. The van der Waals surface area contributed by atoms with E-state index in [4.69, 9.17) is 9.47 Å². The molecular formula is C25H34FN3O6S. The van der Waals surface area contributed by atoms with Crippen LogP contribution in [-0.2, 0) is 26.2 Å². The van der Waals surface area contributed by atoms with Crippen LogP contribution in [0.15, 0.2) is 42.5 Å². The Hall–Kier alpha value is -3.34. The number of nitrogens with zero attached hydrogens (tertiary/aromatic N) is 2. The Morgan fingerprint density at radius 1 is 1.03 bits per heavy atom. The van der Waals surface area contributed by atoms with Crippen molar-refractivity contribution in [3.63, 3.8) is 0 Å². The van der Waals surface area contributed by atoms with E-state index in [1.54, 1.807) is 6.92 Å². The maximum absolute atomic E-state index is 13.5. The van der Waals surface area contributed by atoms with E-state index in [9.17, 15) is 22.4 Å². The Morgan fingerprint density at radius 2 is 1.61 bits per heavy atom. The Kier molecular flexibility index (Phi) is 9.31. The minimum absolute atomic E-state index is 0.0264. The maximum Gasteiger partial charge on any atom is 0.244 e. The summed E-state index contributed by atoms with van der Waals surface area (Å²) in [6.45, 7) is 6.40. The van der Waals surface area contributed by atoms with Crippen LogP contribution in [0.2, 0.25) is 0 Å². The predicted molar refractivity (Wildman–Crippen MR) is 136 cm³/mol. The Balaban J connectivity index is 2.44. The van der Waals surface area contributed by atoms with Crippen LogP contribution in [0.4, 0.5) is 10.1 Å². The van der Waals surface area contributed by atoms with Crippen LogP contribution in [0.25, 0.3) is 0 Å². The molecule has 2 rings (SSSR count). The summed E-state index contributed by atoms with van der Waals surface area (Å²) in [6.07, 6.45) is 0.983. The number of carbonyl (C=O) groups is 2. The van der Waals surface area contributed by atoms with Gasteiger partial charge in [-0.25, -0.2) is 12.8 Å². The monoisotopic (exact) mass is 523 g/mol. The van der Waals surface area contributed by atoms with Gasteiger partial charge in [-0.3, -0.25) is 13.9 Å². The molecule has 0 aliphatic rings. The number of nitrogens with one attached hydrogen (secondary N) is 1. The lowest BCUT2D eigenvalue weighted by Crippen LogP contribution is -2.54. The molecule has 0 aliphatic carbocycles. The van der Waals surface area contributed by atoms with E-state index in [-0.39, 0.29) is 18.0 Å². The van der Waals surface area contributed by atoms with Gasteiger partial charge in [0.2, 0.25) is 21.8 Å². The van der Waals surface area contributed by atoms with Crippen molar-refractivity contribution < 1.29 is 31.9 Å². The van der Waals surface area contributed by atoms with E-state index >= 15 is 0 Å². The van der Waals surface area contributed by atoms with E-state index in [2.05, 4.69) is 5.32 Å². The molecular weight excluding hydrogens is 489 g/mol. The first-order valence-corrected chi connectivity index (χ1v) is 13.1. The Bertz CT molecular complexity index is 1180. The quantitative estimate of drug-likeness (QED) is 0.514. The third-order valence-electron chi connectivity index (χ3n) is 5.27. The summed E-state index contributed by atoms with van der Waals surface area (Å²) < 4.78 is 50.2. The highest BCUT2D eigenvalue weighted by Crippen LogP contribution is 2.32. The molecule has 0 radical (unpaired) electrons. The van der Waals surface area contributed by atoms with Gasteiger partial charge in [-0.1, -0.05) is 12.1 Å². The summed E-state index contributed by atoms with van der Waals surface area (Å²) in [7, 11) is -1.04. The summed E-state index contributed by atoms with van der Waals surface area (Å²) in [5, 5.41) is 2.84. The fraction of sp³-hybridized carbons (Fsp3) is 0.440. The molecule has 1 N–H and O–H groups in total. The number of methoxy groups -OCH3 is 2. The molecule has 2 aromatic carbocycles. The van der Waals surface area contributed by atoms with Crippen molar-refractivity contribution in [1.82, 2.24) is 10.2 Å². The Morgan fingerprint density at radius 3 is 2.11 bits per heavy atom. The Labute approximate surface area is 212 Å². The fourth-order valence-electron chi connectivity index (χ4n) is 3.44. The summed E-state index contributed by atoms with van der Waals surface area (Å²) in [5.74, 6) is -0.776. The first kappa shape index (κ1) is 28.9. The second kappa shape index (κ2) is 11.6. The second-order valence-corrected chi connectivity index (χ2v) is 11.3. The number of halogens is 1. The van der Waals surface area contributed by atoms with Crippen molar-refractivity contribution in [2.45, 2.75) is 45.8 Å². The molecule has 36 heavy (non-hydrogen) atoms. The van der Waals surface area contributed by atoms with Crippen LogP contribution < -0.4 is 19.1 Å². The molecule has 0 unspecified atom stereocenters.